The topological polar surface area (TPSA) is 34.1 Å². The maximum Gasteiger partial charge on any atom is 0.152 e. The van der Waals surface area contributed by atoms with Crippen LogP contribution in [0.25, 0.3) is 0 Å². The van der Waals surface area contributed by atoms with E-state index in [1.54, 1.807) is 0 Å². The van der Waals surface area contributed by atoms with Gasteiger partial charge in [0.15, 0.2) is 11.6 Å². The van der Waals surface area contributed by atoms with Crippen LogP contribution in [-0.4, -0.2) is 11.6 Å². The molecule has 0 aliphatic heterocycles. The largest absolute Gasteiger partial charge is 0.298 e. The number of aryl methyl sites for hydroxylation is 3. The quantitative estimate of drug-likeness (QED) is 0.540. The fourth-order valence-electron chi connectivity index (χ4n) is 5.50. The summed E-state index contributed by atoms with van der Waals surface area (Å²) in [5.74, 6) is -0.0919. The second-order valence-electron chi connectivity index (χ2n) is 8.32. The molecule has 1 aromatic rings. The molecule has 2 aliphatic rings. The highest BCUT2D eigenvalue weighted by Gasteiger charge is 2.57. The molecule has 0 spiro atoms. The highest BCUT2D eigenvalue weighted by atomic mass is 16.2. The van der Waals surface area contributed by atoms with Crippen molar-refractivity contribution in [3.05, 3.63) is 45.5 Å². The van der Waals surface area contributed by atoms with Crippen molar-refractivity contribution < 1.29 is 9.59 Å². The SMILES string of the molecule is CCc1cc(C)cc(CC)c1C1C(=O)C2CC(=C(C)C)C(CC)C2C1=O. The summed E-state index contributed by atoms with van der Waals surface area (Å²) in [6.07, 6.45) is 3.48. The van der Waals surface area contributed by atoms with Crippen molar-refractivity contribution in [1.82, 2.24) is 0 Å². The monoisotopic (exact) mass is 352 g/mol. The number of ketones is 2. The molecule has 2 fully saturated rings. The molecular formula is C24H32O2. The first-order chi connectivity index (χ1) is 12.3. The minimum absolute atomic E-state index is 0.0990. The van der Waals surface area contributed by atoms with Gasteiger partial charge in [-0.1, -0.05) is 49.6 Å². The van der Waals surface area contributed by atoms with Gasteiger partial charge in [-0.2, -0.15) is 0 Å². The van der Waals surface area contributed by atoms with Crippen molar-refractivity contribution >= 4 is 11.6 Å². The molecule has 3 rings (SSSR count). The number of allylic oxidation sites excluding steroid dienone is 2. The lowest BCUT2D eigenvalue weighted by molar-refractivity contribution is -0.125. The maximum atomic E-state index is 13.5. The molecule has 2 nitrogen and oxygen atoms in total. The minimum Gasteiger partial charge on any atom is -0.298 e. The third-order valence-electron chi connectivity index (χ3n) is 6.65. The third-order valence-corrected chi connectivity index (χ3v) is 6.65. The minimum atomic E-state index is -0.525. The predicted octanol–water partition coefficient (Wildman–Crippen LogP) is 5.35. The van der Waals surface area contributed by atoms with Crippen LogP contribution in [0.2, 0.25) is 0 Å². The van der Waals surface area contributed by atoms with Crippen LogP contribution in [0, 0.1) is 24.7 Å². The second kappa shape index (κ2) is 7.13. The molecule has 0 heterocycles. The Morgan fingerprint density at radius 1 is 1.00 bits per heavy atom. The van der Waals surface area contributed by atoms with Crippen LogP contribution in [0.5, 0.6) is 0 Å². The lowest BCUT2D eigenvalue weighted by Gasteiger charge is -2.22. The highest BCUT2D eigenvalue weighted by molar-refractivity contribution is 6.17. The van der Waals surface area contributed by atoms with E-state index in [1.807, 2.05) is 0 Å². The summed E-state index contributed by atoms with van der Waals surface area (Å²) in [7, 11) is 0. The van der Waals surface area contributed by atoms with Crippen LogP contribution in [0.3, 0.4) is 0 Å². The van der Waals surface area contributed by atoms with Crippen molar-refractivity contribution in [2.24, 2.45) is 17.8 Å². The number of Topliss-reactive ketones (excluding diaryl/α,β-unsaturated/α-hetero) is 2. The Morgan fingerprint density at radius 3 is 2.04 bits per heavy atom. The molecule has 26 heavy (non-hydrogen) atoms. The van der Waals surface area contributed by atoms with Gasteiger partial charge in [-0.05, 0) is 69.1 Å². The van der Waals surface area contributed by atoms with Crippen LogP contribution in [0.15, 0.2) is 23.3 Å². The predicted molar refractivity (Wildman–Crippen MR) is 106 cm³/mol. The smallest absolute Gasteiger partial charge is 0.152 e. The van der Waals surface area contributed by atoms with Gasteiger partial charge in [0.1, 0.15) is 5.92 Å². The number of rotatable bonds is 4. The van der Waals surface area contributed by atoms with E-state index in [1.165, 1.54) is 27.8 Å². The van der Waals surface area contributed by atoms with Gasteiger partial charge in [-0.25, -0.2) is 0 Å². The van der Waals surface area contributed by atoms with Crippen molar-refractivity contribution in [2.75, 3.05) is 0 Å². The van der Waals surface area contributed by atoms with E-state index in [-0.39, 0.29) is 29.3 Å². The molecule has 4 unspecified atom stereocenters. The van der Waals surface area contributed by atoms with E-state index in [4.69, 9.17) is 0 Å². The van der Waals surface area contributed by atoms with Crippen LogP contribution < -0.4 is 0 Å². The van der Waals surface area contributed by atoms with E-state index in [2.05, 4.69) is 53.7 Å². The molecule has 0 N–H and O–H groups in total. The van der Waals surface area contributed by atoms with Crippen LogP contribution in [0.4, 0.5) is 0 Å². The molecule has 2 saturated carbocycles. The van der Waals surface area contributed by atoms with Gasteiger partial charge in [0.05, 0.1) is 0 Å². The molecule has 4 atom stereocenters. The molecule has 0 saturated heterocycles. The van der Waals surface area contributed by atoms with Crippen LogP contribution >= 0.6 is 0 Å². The van der Waals surface area contributed by atoms with Gasteiger partial charge in [0.25, 0.3) is 0 Å². The van der Waals surface area contributed by atoms with Crippen LogP contribution in [-0.2, 0) is 22.4 Å². The average Bonchev–Trinajstić information content (AvgIpc) is 3.11. The first kappa shape index (κ1) is 19.1. The molecule has 0 radical (unpaired) electrons. The zero-order valence-corrected chi connectivity index (χ0v) is 17.1. The summed E-state index contributed by atoms with van der Waals surface area (Å²) in [4.78, 5) is 26.9. The molecule has 1 aromatic carbocycles. The highest BCUT2D eigenvalue weighted by Crippen LogP contribution is 2.53. The standard InChI is InChI=1S/C24H32O2/c1-7-15-10-14(6)11-16(8-2)20(15)22-23(25)19-12-18(13(4)5)17(9-3)21(19)24(22)26/h10-11,17,19,21-22H,7-9,12H2,1-6H3. The first-order valence-corrected chi connectivity index (χ1v) is 10.2. The zero-order chi connectivity index (χ0) is 19.2. The molecule has 140 valence electrons. The number of hydrogen-bond donors (Lipinski definition) is 0. The van der Waals surface area contributed by atoms with E-state index < -0.39 is 5.92 Å². The first-order valence-electron chi connectivity index (χ1n) is 10.2. The van der Waals surface area contributed by atoms with E-state index in [0.29, 0.717) is 0 Å². The summed E-state index contributed by atoms with van der Waals surface area (Å²) in [5, 5.41) is 0. The van der Waals surface area contributed by atoms with E-state index >= 15 is 0 Å². The summed E-state index contributed by atoms with van der Waals surface area (Å²) in [6, 6.07) is 4.34. The fraction of sp³-hybridized carbons (Fsp3) is 0.583. The van der Waals surface area contributed by atoms with Gasteiger partial charge in [0, 0.05) is 11.8 Å². The lowest BCUT2D eigenvalue weighted by Crippen LogP contribution is -2.23. The summed E-state index contributed by atoms with van der Waals surface area (Å²) >= 11 is 0. The van der Waals surface area contributed by atoms with Gasteiger partial charge < -0.3 is 0 Å². The van der Waals surface area contributed by atoms with E-state index in [0.717, 1.165) is 31.2 Å². The molecule has 0 amide bonds. The number of carbonyl (C=O) groups is 2. The fourth-order valence-corrected chi connectivity index (χ4v) is 5.50. The van der Waals surface area contributed by atoms with Gasteiger partial charge >= 0.3 is 0 Å². The Hall–Kier alpha value is -1.70. The number of carbonyl (C=O) groups excluding carboxylic acids is 2. The second-order valence-corrected chi connectivity index (χ2v) is 8.32. The summed E-state index contributed by atoms with van der Waals surface area (Å²) < 4.78 is 0. The van der Waals surface area contributed by atoms with Gasteiger partial charge in [-0.15, -0.1) is 0 Å². The Balaban J connectivity index is 2.10. The number of benzene rings is 1. The number of fused-ring (bicyclic) bond motifs is 1. The third kappa shape index (κ3) is 2.78. The Labute approximate surface area is 158 Å². The van der Waals surface area contributed by atoms with Crippen molar-refractivity contribution in [2.45, 2.75) is 73.1 Å². The lowest BCUT2D eigenvalue weighted by atomic mass is 9.80. The number of hydrogen-bond acceptors (Lipinski definition) is 2. The van der Waals surface area contributed by atoms with Crippen molar-refractivity contribution in [3.8, 4) is 0 Å². The molecule has 2 aliphatic carbocycles. The summed E-state index contributed by atoms with van der Waals surface area (Å²) in [5.41, 5.74) is 7.28. The van der Waals surface area contributed by atoms with Crippen molar-refractivity contribution in [3.63, 3.8) is 0 Å². The Bertz CT molecular complexity index is 754. The molecule has 0 bridgehead atoms. The summed E-state index contributed by atoms with van der Waals surface area (Å²) in [6.45, 7) is 12.7. The van der Waals surface area contributed by atoms with Gasteiger partial charge in [0.2, 0.25) is 0 Å². The maximum absolute atomic E-state index is 13.5. The molecule has 2 heteroatoms. The zero-order valence-electron chi connectivity index (χ0n) is 17.1. The molecular weight excluding hydrogens is 320 g/mol. The van der Waals surface area contributed by atoms with E-state index in [9.17, 15) is 9.59 Å². The Morgan fingerprint density at radius 2 is 1.58 bits per heavy atom. The normalized spacial score (nSPS) is 28.0. The molecule has 0 aromatic heterocycles. The van der Waals surface area contributed by atoms with Crippen molar-refractivity contribution in [1.29, 1.82) is 0 Å². The average molecular weight is 353 g/mol. The van der Waals surface area contributed by atoms with Gasteiger partial charge in [-0.3, -0.25) is 9.59 Å². The van der Waals surface area contributed by atoms with Crippen LogP contribution in [0.1, 0.15) is 75.6 Å². The Kier molecular flexibility index (Phi) is 5.23.